The molecule has 0 bridgehead atoms. The fourth-order valence-electron chi connectivity index (χ4n) is 2.31. The first kappa shape index (κ1) is 14.5. The molecule has 5 nitrogen and oxygen atoms in total. The Morgan fingerprint density at radius 1 is 1.36 bits per heavy atom. The molecule has 0 fully saturated rings. The van der Waals surface area contributed by atoms with E-state index in [4.69, 9.17) is 0 Å². The van der Waals surface area contributed by atoms with E-state index in [-0.39, 0.29) is 11.9 Å². The first-order chi connectivity index (χ1) is 10.7. The third kappa shape index (κ3) is 3.23. The van der Waals surface area contributed by atoms with Gasteiger partial charge in [-0.05, 0) is 46.5 Å². The minimum absolute atomic E-state index is 0.120. The van der Waals surface area contributed by atoms with Gasteiger partial charge in [0.15, 0.2) is 0 Å². The average molecular weight is 312 g/mol. The van der Waals surface area contributed by atoms with E-state index in [1.165, 1.54) is 5.56 Å². The van der Waals surface area contributed by atoms with Crippen LogP contribution >= 0.6 is 11.3 Å². The van der Waals surface area contributed by atoms with Crippen LogP contribution in [0, 0.1) is 0 Å². The number of rotatable bonds is 5. The molecule has 1 unspecified atom stereocenters. The Balaban J connectivity index is 1.82. The van der Waals surface area contributed by atoms with Gasteiger partial charge in [0.1, 0.15) is 5.69 Å². The van der Waals surface area contributed by atoms with Crippen molar-refractivity contribution < 1.29 is 4.79 Å². The largest absolute Gasteiger partial charge is 0.344 e. The molecule has 3 rings (SSSR count). The maximum absolute atomic E-state index is 12.4. The monoisotopic (exact) mass is 312 g/mol. The molecule has 3 heterocycles. The fraction of sp³-hybridized carbons (Fsp3) is 0.188. The third-order valence-electron chi connectivity index (χ3n) is 3.47. The third-order valence-corrected chi connectivity index (χ3v) is 4.20. The Kier molecular flexibility index (Phi) is 4.29. The van der Waals surface area contributed by atoms with Gasteiger partial charge in [0, 0.05) is 25.6 Å². The summed E-state index contributed by atoms with van der Waals surface area (Å²) in [6.07, 6.45) is 5.88. The maximum atomic E-state index is 12.4. The van der Waals surface area contributed by atoms with Crippen LogP contribution in [-0.2, 0) is 13.5 Å². The number of hydrogen-bond donors (Lipinski definition) is 1. The van der Waals surface area contributed by atoms with Crippen molar-refractivity contribution in [1.82, 2.24) is 20.1 Å². The van der Waals surface area contributed by atoms with Gasteiger partial charge >= 0.3 is 0 Å². The van der Waals surface area contributed by atoms with Crippen molar-refractivity contribution in [3.63, 3.8) is 0 Å². The molecule has 22 heavy (non-hydrogen) atoms. The SMILES string of the molecule is Cn1nccc1C(=O)NC(Cc1ccsc1)c1cccnc1. The molecular weight excluding hydrogens is 296 g/mol. The van der Waals surface area contributed by atoms with Crippen LogP contribution in [-0.4, -0.2) is 20.7 Å². The first-order valence-electron chi connectivity index (χ1n) is 6.94. The fourth-order valence-corrected chi connectivity index (χ4v) is 2.99. The van der Waals surface area contributed by atoms with E-state index in [0.29, 0.717) is 5.69 Å². The van der Waals surface area contributed by atoms with Crippen molar-refractivity contribution in [2.45, 2.75) is 12.5 Å². The molecule has 0 aromatic carbocycles. The second-order valence-corrected chi connectivity index (χ2v) is 5.77. The van der Waals surface area contributed by atoms with E-state index in [0.717, 1.165) is 12.0 Å². The van der Waals surface area contributed by atoms with Gasteiger partial charge in [0.05, 0.1) is 6.04 Å². The van der Waals surface area contributed by atoms with Crippen LogP contribution < -0.4 is 5.32 Å². The zero-order chi connectivity index (χ0) is 15.4. The molecule has 0 radical (unpaired) electrons. The van der Waals surface area contributed by atoms with Gasteiger partial charge in [-0.3, -0.25) is 14.5 Å². The Bertz CT molecular complexity index is 737. The highest BCUT2D eigenvalue weighted by Crippen LogP contribution is 2.20. The van der Waals surface area contributed by atoms with E-state index < -0.39 is 0 Å². The summed E-state index contributed by atoms with van der Waals surface area (Å²) in [5.74, 6) is -0.135. The number of carbonyl (C=O) groups is 1. The van der Waals surface area contributed by atoms with Gasteiger partial charge in [-0.15, -0.1) is 0 Å². The van der Waals surface area contributed by atoms with Gasteiger partial charge in [-0.1, -0.05) is 6.07 Å². The van der Waals surface area contributed by atoms with Crippen LogP contribution in [0.4, 0.5) is 0 Å². The van der Waals surface area contributed by atoms with Gasteiger partial charge in [0.2, 0.25) is 0 Å². The number of thiophene rings is 1. The van der Waals surface area contributed by atoms with Crippen LogP contribution in [0.25, 0.3) is 0 Å². The topological polar surface area (TPSA) is 59.8 Å². The Morgan fingerprint density at radius 2 is 2.27 bits per heavy atom. The zero-order valence-electron chi connectivity index (χ0n) is 12.1. The minimum atomic E-state index is -0.135. The molecule has 0 aliphatic carbocycles. The normalized spacial score (nSPS) is 12.0. The molecule has 0 aliphatic rings. The summed E-state index contributed by atoms with van der Waals surface area (Å²) in [6.45, 7) is 0. The lowest BCUT2D eigenvalue weighted by Crippen LogP contribution is -2.31. The summed E-state index contributed by atoms with van der Waals surface area (Å²) < 4.78 is 1.57. The van der Waals surface area contributed by atoms with E-state index in [2.05, 4.69) is 26.8 Å². The maximum Gasteiger partial charge on any atom is 0.270 e. The molecule has 0 aliphatic heterocycles. The summed E-state index contributed by atoms with van der Waals surface area (Å²) in [7, 11) is 1.76. The summed E-state index contributed by atoms with van der Waals surface area (Å²) >= 11 is 1.65. The van der Waals surface area contributed by atoms with Crippen molar-refractivity contribution in [3.8, 4) is 0 Å². The number of nitrogens with zero attached hydrogens (tertiary/aromatic N) is 3. The second-order valence-electron chi connectivity index (χ2n) is 4.99. The second kappa shape index (κ2) is 6.53. The molecule has 1 amide bonds. The number of nitrogens with one attached hydrogen (secondary N) is 1. The van der Waals surface area contributed by atoms with E-state index in [1.54, 1.807) is 47.7 Å². The van der Waals surface area contributed by atoms with E-state index >= 15 is 0 Å². The lowest BCUT2D eigenvalue weighted by Gasteiger charge is -2.18. The molecular formula is C16H16N4OS. The first-order valence-corrected chi connectivity index (χ1v) is 7.88. The molecule has 1 atom stereocenters. The molecule has 0 spiro atoms. The highest BCUT2D eigenvalue weighted by molar-refractivity contribution is 7.07. The van der Waals surface area contributed by atoms with Crippen molar-refractivity contribution in [3.05, 3.63) is 70.4 Å². The smallest absolute Gasteiger partial charge is 0.270 e. The summed E-state index contributed by atoms with van der Waals surface area (Å²) in [6, 6.07) is 7.52. The quantitative estimate of drug-likeness (QED) is 0.788. The van der Waals surface area contributed by atoms with Crippen molar-refractivity contribution in [2.24, 2.45) is 7.05 Å². The predicted molar refractivity (Wildman–Crippen MR) is 85.7 cm³/mol. The molecule has 0 saturated heterocycles. The van der Waals surface area contributed by atoms with Crippen LogP contribution in [0.15, 0.2) is 53.6 Å². The van der Waals surface area contributed by atoms with Gasteiger partial charge in [-0.2, -0.15) is 16.4 Å². The van der Waals surface area contributed by atoms with Crippen LogP contribution in [0.1, 0.15) is 27.7 Å². The van der Waals surface area contributed by atoms with E-state index in [9.17, 15) is 4.79 Å². The Hall–Kier alpha value is -2.47. The standard InChI is InChI=1S/C16H16N4OS/c1-20-15(4-7-18-20)16(21)19-14(9-12-5-8-22-11-12)13-3-2-6-17-10-13/h2-8,10-11,14H,9H2,1H3,(H,19,21). The molecule has 112 valence electrons. The summed E-state index contributed by atoms with van der Waals surface area (Å²) in [5.41, 5.74) is 2.73. The Labute approximate surface area is 132 Å². The van der Waals surface area contributed by atoms with Gasteiger partial charge in [-0.25, -0.2) is 0 Å². The average Bonchev–Trinajstić information content (AvgIpc) is 3.19. The van der Waals surface area contributed by atoms with Crippen LogP contribution in [0.3, 0.4) is 0 Å². The van der Waals surface area contributed by atoms with Crippen molar-refractivity contribution in [2.75, 3.05) is 0 Å². The lowest BCUT2D eigenvalue weighted by atomic mass is 10.0. The van der Waals surface area contributed by atoms with E-state index in [1.807, 2.05) is 17.5 Å². The van der Waals surface area contributed by atoms with Gasteiger partial charge in [0.25, 0.3) is 5.91 Å². The van der Waals surface area contributed by atoms with Crippen molar-refractivity contribution in [1.29, 1.82) is 0 Å². The summed E-state index contributed by atoms with van der Waals surface area (Å²) in [5, 5.41) is 11.3. The predicted octanol–water partition coefficient (Wildman–Crippen LogP) is 2.59. The molecule has 3 aromatic rings. The van der Waals surface area contributed by atoms with Crippen molar-refractivity contribution >= 4 is 17.2 Å². The van der Waals surface area contributed by atoms with Crippen LogP contribution in [0.5, 0.6) is 0 Å². The highest BCUT2D eigenvalue weighted by atomic mass is 32.1. The molecule has 0 saturated carbocycles. The number of hydrogen-bond acceptors (Lipinski definition) is 4. The number of aromatic nitrogens is 3. The minimum Gasteiger partial charge on any atom is -0.344 e. The zero-order valence-corrected chi connectivity index (χ0v) is 13.0. The highest BCUT2D eigenvalue weighted by Gasteiger charge is 2.18. The number of amides is 1. The molecule has 6 heteroatoms. The number of carbonyl (C=O) groups excluding carboxylic acids is 1. The summed E-state index contributed by atoms with van der Waals surface area (Å²) in [4.78, 5) is 16.6. The molecule has 1 N–H and O–H groups in total. The Morgan fingerprint density at radius 3 is 2.91 bits per heavy atom. The lowest BCUT2D eigenvalue weighted by molar-refractivity contribution is 0.0927. The van der Waals surface area contributed by atoms with Crippen LogP contribution in [0.2, 0.25) is 0 Å². The van der Waals surface area contributed by atoms with Gasteiger partial charge < -0.3 is 5.32 Å². The number of pyridine rings is 1. The molecule has 3 aromatic heterocycles. The number of aryl methyl sites for hydroxylation is 1.